The number of hydrogen-bond donors (Lipinski definition) is 1. The van der Waals surface area contributed by atoms with Gasteiger partial charge in [0.05, 0.1) is 0 Å². The second-order valence-electron chi connectivity index (χ2n) is 7.59. The van der Waals surface area contributed by atoms with Gasteiger partial charge in [-0.3, -0.25) is 4.79 Å². The summed E-state index contributed by atoms with van der Waals surface area (Å²) in [6, 6.07) is 16.0. The molecule has 6 nitrogen and oxygen atoms in total. The molecule has 0 aromatic heterocycles. The predicted molar refractivity (Wildman–Crippen MR) is 117 cm³/mol. The van der Waals surface area contributed by atoms with Crippen molar-refractivity contribution in [1.29, 1.82) is 0 Å². The van der Waals surface area contributed by atoms with Crippen LogP contribution in [-0.2, 0) is 22.6 Å². The topological polar surface area (TPSA) is 61.9 Å². The molecule has 0 fully saturated rings. The third-order valence-corrected chi connectivity index (χ3v) is 5.63. The molecule has 0 saturated heterocycles. The summed E-state index contributed by atoms with van der Waals surface area (Å²) >= 11 is 0. The highest BCUT2D eigenvalue weighted by Crippen LogP contribution is 2.25. The largest absolute Gasteiger partial charge is 0.372 e. The maximum absolute atomic E-state index is 12.6. The lowest BCUT2D eigenvalue weighted by Crippen LogP contribution is -2.37. The summed E-state index contributed by atoms with van der Waals surface area (Å²) in [5.41, 5.74) is 5.55. The molecule has 0 radical (unpaired) electrons. The number of rotatable bonds is 5. The zero-order valence-electron chi connectivity index (χ0n) is 17.3. The van der Waals surface area contributed by atoms with Gasteiger partial charge in [-0.1, -0.05) is 42.5 Å². The van der Waals surface area contributed by atoms with Gasteiger partial charge in [0.15, 0.2) is 0 Å². The van der Waals surface area contributed by atoms with Crippen LogP contribution >= 0.6 is 0 Å². The lowest BCUT2D eigenvalue weighted by atomic mass is 9.99. The first-order chi connectivity index (χ1) is 14.6. The van der Waals surface area contributed by atoms with E-state index in [9.17, 15) is 9.59 Å². The molecule has 0 bridgehead atoms. The van der Waals surface area contributed by atoms with Crippen LogP contribution in [0, 0.1) is 0 Å². The Hall–Kier alpha value is -3.12. The summed E-state index contributed by atoms with van der Waals surface area (Å²) in [5, 5.41) is 2.99. The van der Waals surface area contributed by atoms with Crippen LogP contribution in [0.2, 0.25) is 0 Å². The van der Waals surface area contributed by atoms with Gasteiger partial charge in [-0.2, -0.15) is 0 Å². The number of benzene rings is 2. The van der Waals surface area contributed by atoms with Crippen molar-refractivity contribution >= 4 is 23.2 Å². The van der Waals surface area contributed by atoms with Gasteiger partial charge in [-0.05, 0) is 47.7 Å². The molecule has 0 atom stereocenters. The molecule has 0 unspecified atom stereocenters. The second kappa shape index (κ2) is 9.13. The molecular weight excluding hydrogens is 378 g/mol. The molecule has 2 aromatic carbocycles. The Morgan fingerprint density at radius 1 is 1.00 bits per heavy atom. The lowest BCUT2D eigenvalue weighted by molar-refractivity contribution is -0.135. The van der Waals surface area contributed by atoms with Crippen LogP contribution in [0.5, 0.6) is 0 Å². The molecule has 0 spiro atoms. The second-order valence-corrected chi connectivity index (χ2v) is 7.59. The number of ether oxygens (including phenoxy) is 1. The molecule has 2 aliphatic heterocycles. The summed E-state index contributed by atoms with van der Waals surface area (Å²) in [5.74, 6) is 0.0364. The lowest BCUT2D eigenvalue weighted by Gasteiger charge is -2.26. The van der Waals surface area contributed by atoms with Gasteiger partial charge in [0, 0.05) is 38.5 Å². The SMILES string of the molecule is CCOCC(=O)N1CC=C(c2ccc(NC(=O)N3Cc4ccccc4C3)cc2)CC1. The van der Waals surface area contributed by atoms with Crippen LogP contribution in [0.1, 0.15) is 30.0 Å². The highest BCUT2D eigenvalue weighted by molar-refractivity contribution is 5.90. The summed E-state index contributed by atoms with van der Waals surface area (Å²) < 4.78 is 5.21. The number of carbonyl (C=O) groups excluding carboxylic acids is 2. The van der Waals surface area contributed by atoms with Crippen molar-refractivity contribution in [1.82, 2.24) is 9.80 Å². The maximum atomic E-state index is 12.6. The third kappa shape index (κ3) is 4.54. The molecule has 156 valence electrons. The highest BCUT2D eigenvalue weighted by Gasteiger charge is 2.23. The molecular formula is C24H27N3O3. The number of hydrogen-bond acceptors (Lipinski definition) is 3. The number of nitrogens with zero attached hydrogens (tertiary/aromatic N) is 2. The van der Waals surface area contributed by atoms with Gasteiger partial charge >= 0.3 is 6.03 Å². The van der Waals surface area contributed by atoms with Crippen LogP contribution in [-0.4, -0.2) is 48.0 Å². The first-order valence-corrected chi connectivity index (χ1v) is 10.4. The van der Waals surface area contributed by atoms with Crippen molar-refractivity contribution in [2.75, 3.05) is 31.6 Å². The summed E-state index contributed by atoms with van der Waals surface area (Å²) in [6.07, 6.45) is 2.91. The fourth-order valence-corrected chi connectivity index (χ4v) is 3.89. The predicted octanol–water partition coefficient (Wildman–Crippen LogP) is 3.89. The van der Waals surface area contributed by atoms with E-state index >= 15 is 0 Å². The Morgan fingerprint density at radius 2 is 1.70 bits per heavy atom. The van der Waals surface area contributed by atoms with Crippen molar-refractivity contribution < 1.29 is 14.3 Å². The van der Waals surface area contributed by atoms with Gasteiger partial charge in [0.2, 0.25) is 5.91 Å². The van der Waals surface area contributed by atoms with Crippen molar-refractivity contribution in [2.24, 2.45) is 0 Å². The minimum Gasteiger partial charge on any atom is -0.372 e. The Kier molecular flexibility index (Phi) is 6.14. The van der Waals surface area contributed by atoms with Gasteiger partial charge in [0.1, 0.15) is 6.61 Å². The average Bonchev–Trinajstić information content (AvgIpc) is 3.23. The zero-order chi connectivity index (χ0) is 20.9. The van der Waals surface area contributed by atoms with E-state index in [1.807, 2.05) is 53.1 Å². The molecule has 1 N–H and O–H groups in total. The van der Waals surface area contributed by atoms with Gasteiger partial charge in [-0.25, -0.2) is 4.79 Å². The van der Waals surface area contributed by atoms with E-state index in [1.165, 1.54) is 16.7 Å². The van der Waals surface area contributed by atoms with Crippen molar-refractivity contribution in [2.45, 2.75) is 26.4 Å². The smallest absolute Gasteiger partial charge is 0.322 e. The quantitative estimate of drug-likeness (QED) is 0.821. The van der Waals surface area contributed by atoms with E-state index in [4.69, 9.17) is 4.74 Å². The van der Waals surface area contributed by atoms with E-state index in [0.29, 0.717) is 32.8 Å². The molecule has 4 rings (SSSR count). The van der Waals surface area contributed by atoms with Crippen LogP contribution in [0.15, 0.2) is 54.6 Å². The Bertz CT molecular complexity index is 927. The van der Waals surface area contributed by atoms with Crippen LogP contribution in [0.3, 0.4) is 0 Å². The fourth-order valence-electron chi connectivity index (χ4n) is 3.89. The van der Waals surface area contributed by atoms with Gasteiger partial charge in [-0.15, -0.1) is 0 Å². The van der Waals surface area contributed by atoms with Crippen LogP contribution < -0.4 is 5.32 Å². The van der Waals surface area contributed by atoms with E-state index in [1.54, 1.807) is 0 Å². The molecule has 2 aliphatic rings. The minimum atomic E-state index is -0.0840. The summed E-state index contributed by atoms with van der Waals surface area (Å²) in [6.45, 7) is 5.18. The maximum Gasteiger partial charge on any atom is 0.322 e. The Balaban J connectivity index is 1.32. The first-order valence-electron chi connectivity index (χ1n) is 10.4. The normalized spacial score (nSPS) is 15.6. The zero-order valence-corrected chi connectivity index (χ0v) is 17.3. The molecule has 3 amide bonds. The molecule has 30 heavy (non-hydrogen) atoms. The third-order valence-electron chi connectivity index (χ3n) is 5.63. The number of amides is 3. The van der Waals surface area contributed by atoms with Crippen molar-refractivity contribution in [3.63, 3.8) is 0 Å². The standard InChI is InChI=1S/C24H27N3O3/c1-2-30-17-23(28)26-13-11-19(12-14-26)18-7-9-22(10-8-18)25-24(29)27-15-20-5-3-4-6-21(20)16-27/h3-11H,2,12-17H2,1H3,(H,25,29). The number of nitrogens with one attached hydrogen (secondary N) is 1. The molecule has 2 heterocycles. The monoisotopic (exact) mass is 405 g/mol. The Morgan fingerprint density at radius 3 is 2.30 bits per heavy atom. The minimum absolute atomic E-state index is 0.0364. The molecule has 0 aliphatic carbocycles. The van der Waals surface area contributed by atoms with E-state index in [0.717, 1.165) is 17.7 Å². The highest BCUT2D eigenvalue weighted by atomic mass is 16.5. The average molecular weight is 405 g/mol. The van der Waals surface area contributed by atoms with E-state index in [2.05, 4.69) is 23.5 Å². The molecule has 0 saturated carbocycles. The van der Waals surface area contributed by atoms with Gasteiger partial charge < -0.3 is 19.9 Å². The van der Waals surface area contributed by atoms with Crippen molar-refractivity contribution in [3.8, 4) is 0 Å². The number of fused-ring (bicyclic) bond motifs is 1. The van der Waals surface area contributed by atoms with Crippen molar-refractivity contribution in [3.05, 3.63) is 71.3 Å². The number of anilines is 1. The van der Waals surface area contributed by atoms with Gasteiger partial charge in [0.25, 0.3) is 0 Å². The Labute approximate surface area is 177 Å². The fraction of sp³-hybridized carbons (Fsp3) is 0.333. The summed E-state index contributed by atoms with van der Waals surface area (Å²) in [4.78, 5) is 28.3. The first kappa shape index (κ1) is 20.2. The molecule has 6 heteroatoms. The summed E-state index contributed by atoms with van der Waals surface area (Å²) in [7, 11) is 0. The van der Waals surface area contributed by atoms with Crippen LogP contribution in [0.25, 0.3) is 5.57 Å². The number of urea groups is 1. The molecule has 2 aromatic rings. The number of carbonyl (C=O) groups is 2. The van der Waals surface area contributed by atoms with Crippen LogP contribution in [0.4, 0.5) is 10.5 Å². The van der Waals surface area contributed by atoms with E-state index in [-0.39, 0.29) is 18.5 Å². The van der Waals surface area contributed by atoms with E-state index < -0.39 is 0 Å².